The normalized spacial score (nSPS) is 10.6. The molecule has 0 fully saturated rings. The first-order valence-corrected chi connectivity index (χ1v) is 6.43. The predicted octanol–water partition coefficient (Wildman–Crippen LogP) is 5.54. The Labute approximate surface area is 124 Å². The topological polar surface area (TPSA) is 12.0 Å². The standard InChI is InChI=1S/C13H8Cl3F2N/c14-9-4-8(17)5-10(15)13(9)19-6-7-2-1-3-11(18)12(7)16/h1-5,19H,6H2. The summed E-state index contributed by atoms with van der Waals surface area (Å²) in [4.78, 5) is 0. The van der Waals surface area contributed by atoms with Crippen LogP contribution in [0, 0.1) is 11.6 Å². The van der Waals surface area contributed by atoms with Gasteiger partial charge in [0.1, 0.15) is 11.6 Å². The van der Waals surface area contributed by atoms with Crippen LogP contribution >= 0.6 is 34.8 Å². The van der Waals surface area contributed by atoms with Crippen LogP contribution in [0.4, 0.5) is 14.5 Å². The highest BCUT2D eigenvalue weighted by Gasteiger charge is 2.10. The second-order valence-corrected chi connectivity index (χ2v) is 5.00. The van der Waals surface area contributed by atoms with Crippen molar-refractivity contribution >= 4 is 40.5 Å². The van der Waals surface area contributed by atoms with Gasteiger partial charge in [-0.1, -0.05) is 46.9 Å². The predicted molar refractivity (Wildman–Crippen MR) is 75.2 cm³/mol. The third kappa shape index (κ3) is 3.30. The molecular formula is C13H8Cl3F2N. The van der Waals surface area contributed by atoms with E-state index < -0.39 is 11.6 Å². The van der Waals surface area contributed by atoms with Crippen LogP contribution < -0.4 is 5.32 Å². The number of rotatable bonds is 3. The minimum Gasteiger partial charge on any atom is -0.378 e. The fourth-order valence-electron chi connectivity index (χ4n) is 1.58. The summed E-state index contributed by atoms with van der Waals surface area (Å²) < 4.78 is 26.3. The first-order chi connectivity index (χ1) is 8.99. The molecule has 19 heavy (non-hydrogen) atoms. The van der Waals surface area contributed by atoms with Gasteiger partial charge in [-0.05, 0) is 23.8 Å². The number of benzene rings is 2. The summed E-state index contributed by atoms with van der Waals surface area (Å²) >= 11 is 17.6. The van der Waals surface area contributed by atoms with Crippen molar-refractivity contribution < 1.29 is 8.78 Å². The van der Waals surface area contributed by atoms with E-state index in [2.05, 4.69) is 5.32 Å². The number of halogens is 5. The molecule has 0 heterocycles. The molecular weight excluding hydrogens is 315 g/mol. The molecule has 0 aliphatic heterocycles. The Kier molecular flexibility index (Phi) is 4.50. The molecule has 0 radical (unpaired) electrons. The zero-order valence-corrected chi connectivity index (χ0v) is 11.8. The molecule has 0 amide bonds. The minimum absolute atomic E-state index is 0.0318. The SMILES string of the molecule is Fc1cc(Cl)c(NCc2cccc(F)c2Cl)c(Cl)c1. The lowest BCUT2D eigenvalue weighted by Gasteiger charge is -2.11. The summed E-state index contributed by atoms with van der Waals surface area (Å²) in [5.74, 6) is -1.03. The van der Waals surface area contributed by atoms with E-state index in [4.69, 9.17) is 34.8 Å². The highest BCUT2D eigenvalue weighted by molar-refractivity contribution is 6.39. The lowest BCUT2D eigenvalue weighted by Crippen LogP contribution is -2.02. The summed E-state index contributed by atoms with van der Waals surface area (Å²) in [5.41, 5.74) is 0.934. The number of hydrogen-bond donors (Lipinski definition) is 1. The molecule has 2 aromatic carbocycles. The molecule has 0 aliphatic rings. The van der Waals surface area contributed by atoms with Crippen LogP contribution in [0.15, 0.2) is 30.3 Å². The number of hydrogen-bond acceptors (Lipinski definition) is 1. The van der Waals surface area contributed by atoms with Crippen LogP contribution in [0.25, 0.3) is 0 Å². The maximum Gasteiger partial charge on any atom is 0.142 e. The van der Waals surface area contributed by atoms with Gasteiger partial charge in [-0.3, -0.25) is 0 Å². The lowest BCUT2D eigenvalue weighted by atomic mass is 10.2. The first-order valence-electron chi connectivity index (χ1n) is 5.30. The average molecular weight is 323 g/mol. The fourth-order valence-corrected chi connectivity index (χ4v) is 2.37. The van der Waals surface area contributed by atoms with Gasteiger partial charge in [0.25, 0.3) is 0 Å². The molecule has 0 bridgehead atoms. The Balaban J connectivity index is 2.22. The van der Waals surface area contributed by atoms with Crippen LogP contribution in [-0.4, -0.2) is 0 Å². The molecule has 0 atom stereocenters. The van der Waals surface area contributed by atoms with E-state index in [-0.39, 0.29) is 21.6 Å². The monoisotopic (exact) mass is 321 g/mol. The van der Waals surface area contributed by atoms with Gasteiger partial charge in [-0.15, -0.1) is 0 Å². The van der Waals surface area contributed by atoms with Crippen molar-refractivity contribution in [3.8, 4) is 0 Å². The van der Waals surface area contributed by atoms with E-state index >= 15 is 0 Å². The van der Waals surface area contributed by atoms with Gasteiger partial charge in [0.2, 0.25) is 0 Å². The van der Waals surface area contributed by atoms with Gasteiger partial charge < -0.3 is 5.32 Å². The van der Waals surface area contributed by atoms with Crippen molar-refractivity contribution in [1.82, 2.24) is 0 Å². The molecule has 0 saturated carbocycles. The Morgan fingerprint density at radius 1 is 1.00 bits per heavy atom. The average Bonchev–Trinajstić information content (AvgIpc) is 2.33. The summed E-state index contributed by atoms with van der Waals surface area (Å²) in [5, 5.41) is 3.24. The maximum absolute atomic E-state index is 13.3. The van der Waals surface area contributed by atoms with Crippen LogP contribution in [0.5, 0.6) is 0 Å². The fraction of sp³-hybridized carbons (Fsp3) is 0.0769. The smallest absolute Gasteiger partial charge is 0.142 e. The van der Waals surface area contributed by atoms with Crippen molar-refractivity contribution in [3.63, 3.8) is 0 Å². The van der Waals surface area contributed by atoms with Gasteiger partial charge in [-0.25, -0.2) is 8.78 Å². The molecule has 1 nitrogen and oxygen atoms in total. The zero-order valence-electron chi connectivity index (χ0n) is 9.48. The molecule has 0 unspecified atom stereocenters. The van der Waals surface area contributed by atoms with Gasteiger partial charge in [0.05, 0.1) is 20.8 Å². The van der Waals surface area contributed by atoms with Crippen molar-refractivity contribution in [1.29, 1.82) is 0 Å². The minimum atomic E-state index is -0.524. The van der Waals surface area contributed by atoms with Crippen molar-refractivity contribution in [2.45, 2.75) is 6.54 Å². The third-order valence-corrected chi connectivity index (χ3v) is 3.51. The van der Waals surface area contributed by atoms with Crippen LogP contribution in [0.1, 0.15) is 5.56 Å². The van der Waals surface area contributed by atoms with Crippen LogP contribution in [0.2, 0.25) is 15.1 Å². The van der Waals surface area contributed by atoms with Crippen molar-refractivity contribution in [3.05, 3.63) is 62.6 Å². The van der Waals surface area contributed by atoms with E-state index in [0.29, 0.717) is 11.3 Å². The second kappa shape index (κ2) is 5.95. The van der Waals surface area contributed by atoms with Gasteiger partial charge in [0.15, 0.2) is 0 Å². The van der Waals surface area contributed by atoms with Gasteiger partial charge in [0, 0.05) is 6.54 Å². The van der Waals surface area contributed by atoms with E-state index in [1.54, 1.807) is 12.1 Å². The van der Waals surface area contributed by atoms with Crippen LogP contribution in [0.3, 0.4) is 0 Å². The molecule has 100 valence electrons. The van der Waals surface area contributed by atoms with E-state index in [9.17, 15) is 8.78 Å². The summed E-state index contributed by atoms with van der Waals surface area (Å²) in [6, 6.07) is 6.77. The molecule has 0 spiro atoms. The Morgan fingerprint density at radius 3 is 2.26 bits per heavy atom. The van der Waals surface area contributed by atoms with Gasteiger partial charge >= 0.3 is 0 Å². The molecule has 2 rings (SSSR count). The highest BCUT2D eigenvalue weighted by Crippen LogP contribution is 2.32. The molecule has 0 saturated heterocycles. The van der Waals surface area contributed by atoms with Gasteiger partial charge in [-0.2, -0.15) is 0 Å². The molecule has 0 aliphatic carbocycles. The lowest BCUT2D eigenvalue weighted by molar-refractivity contribution is 0.626. The van der Waals surface area contributed by atoms with E-state index in [1.807, 2.05) is 0 Å². The largest absolute Gasteiger partial charge is 0.378 e. The van der Waals surface area contributed by atoms with Crippen molar-refractivity contribution in [2.24, 2.45) is 0 Å². The molecule has 6 heteroatoms. The van der Waals surface area contributed by atoms with E-state index in [1.165, 1.54) is 6.07 Å². The Morgan fingerprint density at radius 2 is 1.63 bits per heavy atom. The third-order valence-electron chi connectivity index (χ3n) is 2.49. The molecule has 1 N–H and O–H groups in total. The van der Waals surface area contributed by atoms with E-state index in [0.717, 1.165) is 12.1 Å². The number of nitrogens with one attached hydrogen (secondary N) is 1. The summed E-state index contributed by atoms with van der Waals surface area (Å²) in [6.07, 6.45) is 0. The molecule has 0 aromatic heterocycles. The molecule has 2 aromatic rings. The highest BCUT2D eigenvalue weighted by atomic mass is 35.5. The summed E-state index contributed by atoms with van der Waals surface area (Å²) in [6.45, 7) is 0.224. The maximum atomic E-state index is 13.3. The Bertz CT molecular complexity index is 594. The number of anilines is 1. The summed E-state index contributed by atoms with van der Waals surface area (Å²) in [7, 11) is 0. The van der Waals surface area contributed by atoms with Crippen molar-refractivity contribution in [2.75, 3.05) is 5.32 Å². The first kappa shape index (κ1) is 14.4. The zero-order chi connectivity index (χ0) is 14.0. The second-order valence-electron chi connectivity index (χ2n) is 3.81. The quantitative estimate of drug-likeness (QED) is 0.782. The Hall–Kier alpha value is -1.03. The van der Waals surface area contributed by atoms with Crippen LogP contribution in [-0.2, 0) is 6.54 Å².